The van der Waals surface area contributed by atoms with Crippen LogP contribution in [0.25, 0.3) is 71.6 Å². The van der Waals surface area contributed by atoms with Gasteiger partial charge in [0.25, 0.3) is 0 Å². The number of nitrogens with zero attached hydrogens (tertiary/aromatic N) is 1. The summed E-state index contributed by atoms with van der Waals surface area (Å²) in [7, 11) is 0. The molecule has 194 valence electrons. The van der Waals surface area contributed by atoms with Gasteiger partial charge in [-0.3, -0.25) is 0 Å². The van der Waals surface area contributed by atoms with Gasteiger partial charge in [0.05, 0.1) is 16.6 Å². The molecule has 0 amide bonds. The van der Waals surface area contributed by atoms with E-state index in [0.29, 0.717) is 0 Å². The number of aromatic nitrogens is 2. The molecule has 0 aliphatic heterocycles. The highest BCUT2D eigenvalue weighted by molar-refractivity contribution is 6.22. The van der Waals surface area contributed by atoms with Crippen LogP contribution in [0.15, 0.2) is 127 Å². The standard InChI is InChI=1S/C39H28N2/c1-39(2)32-14-6-3-12-31(32)36-26(13-9-15-33(36)39)24-18-20-25(21-19-24)41-35-17-8-5-11-28(35)30-23-22-29-27-10-4-7-16-34(27)40-37(29)38(30)41/h3-23,40H,1-2H3. The first-order chi connectivity index (χ1) is 20.1. The Morgan fingerprint density at radius 3 is 2.10 bits per heavy atom. The molecule has 1 aliphatic carbocycles. The summed E-state index contributed by atoms with van der Waals surface area (Å²) in [6.07, 6.45) is 0. The van der Waals surface area contributed by atoms with E-state index >= 15 is 0 Å². The maximum atomic E-state index is 3.75. The fourth-order valence-electron chi connectivity index (χ4n) is 7.42. The Hall–Kier alpha value is -5.08. The Labute approximate surface area is 238 Å². The number of rotatable bonds is 2. The van der Waals surface area contributed by atoms with Gasteiger partial charge in [-0.15, -0.1) is 0 Å². The summed E-state index contributed by atoms with van der Waals surface area (Å²) in [5.41, 5.74) is 14.1. The topological polar surface area (TPSA) is 20.7 Å². The van der Waals surface area contributed by atoms with Gasteiger partial charge in [-0.2, -0.15) is 0 Å². The number of H-pyrrole nitrogens is 1. The molecule has 2 aromatic heterocycles. The molecule has 0 saturated heterocycles. The van der Waals surface area contributed by atoms with Crippen LogP contribution in [0.1, 0.15) is 25.0 Å². The molecule has 0 bridgehead atoms. The third-order valence-electron chi connectivity index (χ3n) is 9.36. The Bertz CT molecular complexity index is 2330. The van der Waals surface area contributed by atoms with E-state index in [2.05, 4.69) is 151 Å². The zero-order chi connectivity index (χ0) is 27.3. The second-order valence-corrected chi connectivity index (χ2v) is 11.9. The van der Waals surface area contributed by atoms with Crippen LogP contribution in [0.3, 0.4) is 0 Å². The van der Waals surface area contributed by atoms with Gasteiger partial charge < -0.3 is 9.55 Å². The predicted molar refractivity (Wildman–Crippen MR) is 173 cm³/mol. The minimum absolute atomic E-state index is 0.00416. The van der Waals surface area contributed by atoms with Gasteiger partial charge in [0, 0.05) is 38.2 Å². The van der Waals surface area contributed by atoms with E-state index in [1.165, 1.54) is 82.7 Å². The van der Waals surface area contributed by atoms with Crippen LogP contribution >= 0.6 is 0 Å². The Morgan fingerprint density at radius 2 is 1.22 bits per heavy atom. The lowest BCUT2D eigenvalue weighted by Crippen LogP contribution is -2.14. The highest BCUT2D eigenvalue weighted by atomic mass is 15.0. The molecule has 2 heteroatoms. The average molecular weight is 525 g/mol. The highest BCUT2D eigenvalue weighted by Gasteiger charge is 2.36. The fourth-order valence-corrected chi connectivity index (χ4v) is 7.42. The Balaban J connectivity index is 1.28. The van der Waals surface area contributed by atoms with Gasteiger partial charge >= 0.3 is 0 Å². The second-order valence-electron chi connectivity index (χ2n) is 11.9. The lowest BCUT2D eigenvalue weighted by molar-refractivity contribution is 0.660. The summed E-state index contributed by atoms with van der Waals surface area (Å²) >= 11 is 0. The van der Waals surface area contributed by atoms with E-state index in [4.69, 9.17) is 0 Å². The van der Waals surface area contributed by atoms with E-state index in [1.807, 2.05) is 0 Å². The summed E-state index contributed by atoms with van der Waals surface area (Å²) in [6.45, 7) is 4.69. The van der Waals surface area contributed by atoms with Crippen LogP contribution in [0, 0.1) is 0 Å². The maximum absolute atomic E-state index is 3.75. The summed E-state index contributed by atoms with van der Waals surface area (Å²) in [5, 5.41) is 5.06. The number of benzene rings is 6. The van der Waals surface area contributed by atoms with Crippen molar-refractivity contribution in [1.29, 1.82) is 0 Å². The van der Waals surface area contributed by atoms with Gasteiger partial charge in [-0.25, -0.2) is 0 Å². The first kappa shape index (κ1) is 22.7. The normalized spacial score (nSPS) is 13.8. The number of aromatic amines is 1. The van der Waals surface area contributed by atoms with Crippen molar-refractivity contribution in [2.75, 3.05) is 0 Å². The molecule has 0 fully saturated rings. The van der Waals surface area contributed by atoms with Crippen LogP contribution in [-0.4, -0.2) is 9.55 Å². The predicted octanol–water partition coefficient (Wildman–Crippen LogP) is 10.4. The molecule has 9 rings (SSSR count). The zero-order valence-corrected chi connectivity index (χ0v) is 23.1. The lowest BCUT2D eigenvalue weighted by Gasteiger charge is -2.21. The number of fused-ring (bicyclic) bond motifs is 10. The van der Waals surface area contributed by atoms with E-state index in [9.17, 15) is 0 Å². The zero-order valence-electron chi connectivity index (χ0n) is 23.1. The van der Waals surface area contributed by atoms with Gasteiger partial charge in [-0.05, 0) is 57.6 Å². The molecule has 8 aromatic rings. The van der Waals surface area contributed by atoms with Crippen LogP contribution in [0.2, 0.25) is 0 Å². The van der Waals surface area contributed by atoms with E-state index in [-0.39, 0.29) is 5.41 Å². The number of hydrogen-bond acceptors (Lipinski definition) is 0. The molecule has 0 radical (unpaired) electrons. The van der Waals surface area contributed by atoms with Crippen molar-refractivity contribution < 1.29 is 0 Å². The number of nitrogens with one attached hydrogen (secondary N) is 1. The minimum Gasteiger partial charge on any atom is -0.353 e. The van der Waals surface area contributed by atoms with Crippen molar-refractivity contribution in [2.45, 2.75) is 19.3 Å². The fraction of sp³-hybridized carbons (Fsp3) is 0.0769. The Kier molecular flexibility index (Phi) is 4.42. The first-order valence-electron chi connectivity index (χ1n) is 14.4. The van der Waals surface area contributed by atoms with Crippen LogP contribution in [0.4, 0.5) is 0 Å². The van der Waals surface area contributed by atoms with Gasteiger partial charge in [-0.1, -0.05) is 117 Å². The first-order valence-corrected chi connectivity index (χ1v) is 14.4. The third kappa shape index (κ3) is 2.97. The van der Waals surface area contributed by atoms with Crippen molar-refractivity contribution in [3.05, 3.63) is 139 Å². The minimum atomic E-state index is -0.00416. The van der Waals surface area contributed by atoms with Crippen molar-refractivity contribution >= 4 is 43.6 Å². The third-order valence-corrected chi connectivity index (χ3v) is 9.36. The summed E-state index contributed by atoms with van der Waals surface area (Å²) in [5.74, 6) is 0. The largest absolute Gasteiger partial charge is 0.353 e. The lowest BCUT2D eigenvalue weighted by atomic mass is 9.82. The second kappa shape index (κ2) is 7.99. The van der Waals surface area contributed by atoms with Gasteiger partial charge in [0.1, 0.15) is 0 Å². The number of hydrogen-bond donors (Lipinski definition) is 1. The van der Waals surface area contributed by atoms with Gasteiger partial charge in [0.15, 0.2) is 0 Å². The molecule has 1 aliphatic rings. The van der Waals surface area contributed by atoms with Crippen molar-refractivity contribution in [1.82, 2.24) is 9.55 Å². The molecule has 2 heterocycles. The van der Waals surface area contributed by atoms with Gasteiger partial charge in [0.2, 0.25) is 0 Å². The molecule has 0 saturated carbocycles. The molecule has 0 spiro atoms. The molecular formula is C39H28N2. The van der Waals surface area contributed by atoms with E-state index in [0.717, 1.165) is 0 Å². The van der Waals surface area contributed by atoms with Crippen molar-refractivity contribution in [3.63, 3.8) is 0 Å². The van der Waals surface area contributed by atoms with E-state index < -0.39 is 0 Å². The molecule has 6 aromatic carbocycles. The summed E-state index contributed by atoms with van der Waals surface area (Å²) < 4.78 is 2.43. The van der Waals surface area contributed by atoms with Crippen LogP contribution in [-0.2, 0) is 5.41 Å². The molecule has 41 heavy (non-hydrogen) atoms. The molecule has 1 N–H and O–H groups in total. The summed E-state index contributed by atoms with van der Waals surface area (Å²) in [4.78, 5) is 3.75. The molecule has 0 atom stereocenters. The van der Waals surface area contributed by atoms with E-state index in [1.54, 1.807) is 0 Å². The molecular weight excluding hydrogens is 496 g/mol. The SMILES string of the molecule is CC1(C)c2ccccc2-c2c(-c3ccc(-n4c5ccccc5c5ccc6c7ccccc7[nH]c6c54)cc3)cccc21. The smallest absolute Gasteiger partial charge is 0.0783 e. The van der Waals surface area contributed by atoms with Crippen molar-refractivity contribution in [3.8, 4) is 27.9 Å². The molecule has 0 unspecified atom stereocenters. The quantitative estimate of drug-likeness (QED) is 0.232. The molecule has 2 nitrogen and oxygen atoms in total. The van der Waals surface area contributed by atoms with Crippen LogP contribution < -0.4 is 0 Å². The Morgan fingerprint density at radius 1 is 0.537 bits per heavy atom. The maximum Gasteiger partial charge on any atom is 0.0783 e. The van der Waals surface area contributed by atoms with Crippen molar-refractivity contribution in [2.24, 2.45) is 0 Å². The number of para-hydroxylation sites is 2. The van der Waals surface area contributed by atoms with Crippen LogP contribution in [0.5, 0.6) is 0 Å². The highest BCUT2D eigenvalue weighted by Crippen LogP contribution is 2.52. The summed E-state index contributed by atoms with van der Waals surface area (Å²) in [6, 6.07) is 46.8. The monoisotopic (exact) mass is 524 g/mol. The average Bonchev–Trinajstić information content (AvgIpc) is 3.64.